The Balaban J connectivity index is 1.75. The van der Waals surface area contributed by atoms with Crippen molar-refractivity contribution in [2.45, 2.75) is 25.3 Å². The summed E-state index contributed by atoms with van der Waals surface area (Å²) in [6.07, 6.45) is 2.88. The molecule has 2 aromatic heterocycles. The second-order valence-electron chi connectivity index (χ2n) is 8.64. The van der Waals surface area contributed by atoms with E-state index in [-0.39, 0.29) is 46.1 Å². The highest BCUT2D eigenvalue weighted by Gasteiger charge is 2.22. The van der Waals surface area contributed by atoms with Crippen LogP contribution in [-0.2, 0) is 21.4 Å². The van der Waals surface area contributed by atoms with E-state index in [9.17, 15) is 22.4 Å². The lowest BCUT2D eigenvalue weighted by molar-refractivity contribution is -0.124. The Kier molecular flexibility index (Phi) is 8.17. The third kappa shape index (κ3) is 6.02. The number of hydrogen-bond acceptors (Lipinski definition) is 7. The minimum atomic E-state index is -4.23. The first kappa shape index (κ1) is 28.0. The molecular formula is C26H25ClFN5O5S. The van der Waals surface area contributed by atoms with Crippen molar-refractivity contribution in [2.24, 2.45) is 5.92 Å². The summed E-state index contributed by atoms with van der Waals surface area (Å²) in [6.45, 7) is 3.79. The molecule has 0 bridgehead atoms. The molecule has 0 aliphatic carbocycles. The van der Waals surface area contributed by atoms with Crippen molar-refractivity contribution in [1.82, 2.24) is 19.9 Å². The Bertz CT molecular complexity index is 1730. The maximum atomic E-state index is 13.5. The standard InChI is InChI=1S/C26H25ClFN5O5S/c1-4-38-25-22(32-39(36,37)23-8-6-18(28)11-20(23)27)10-17(12-30-25)16-5-7-21-19(9-16)26(35)33(14-31-21)13-15(2)24(34)29-3/h5-12,14-15,32H,4,13H2,1-3H3,(H,29,34). The van der Waals surface area contributed by atoms with Crippen LogP contribution in [0.25, 0.3) is 22.0 Å². The van der Waals surface area contributed by atoms with Gasteiger partial charge in [-0.05, 0) is 48.9 Å². The fraction of sp³-hybridized carbons (Fsp3) is 0.231. The molecule has 2 N–H and O–H groups in total. The molecule has 0 aliphatic heterocycles. The van der Waals surface area contributed by atoms with Gasteiger partial charge < -0.3 is 10.1 Å². The summed E-state index contributed by atoms with van der Waals surface area (Å²) in [6, 6.07) is 9.47. The van der Waals surface area contributed by atoms with Gasteiger partial charge in [0.15, 0.2) is 0 Å². The van der Waals surface area contributed by atoms with E-state index in [1.807, 2.05) is 0 Å². The number of amides is 1. The van der Waals surface area contributed by atoms with Gasteiger partial charge in [0.2, 0.25) is 11.8 Å². The summed E-state index contributed by atoms with van der Waals surface area (Å²) in [4.78, 5) is 33.4. The van der Waals surface area contributed by atoms with Gasteiger partial charge in [0.1, 0.15) is 16.4 Å². The molecule has 4 rings (SSSR count). The summed E-state index contributed by atoms with van der Waals surface area (Å²) in [7, 11) is -2.71. The van der Waals surface area contributed by atoms with E-state index >= 15 is 0 Å². The number of aromatic nitrogens is 3. The number of halogens is 2. The quantitative estimate of drug-likeness (QED) is 0.311. The van der Waals surface area contributed by atoms with Crippen molar-refractivity contribution in [3.63, 3.8) is 0 Å². The number of carbonyl (C=O) groups is 1. The zero-order chi connectivity index (χ0) is 28.3. The number of rotatable bonds is 9. The molecule has 10 nitrogen and oxygen atoms in total. The number of anilines is 1. The fourth-order valence-corrected chi connectivity index (χ4v) is 5.50. The molecule has 2 heterocycles. The molecule has 204 valence electrons. The van der Waals surface area contributed by atoms with E-state index in [4.69, 9.17) is 16.3 Å². The Labute approximate surface area is 228 Å². The molecule has 2 aromatic carbocycles. The SMILES string of the molecule is CCOc1ncc(-c2ccc3ncn(CC(C)C(=O)NC)c(=O)c3c2)cc1NS(=O)(=O)c1ccc(F)cc1Cl. The lowest BCUT2D eigenvalue weighted by atomic mass is 10.0. The molecule has 1 unspecified atom stereocenters. The highest BCUT2D eigenvalue weighted by molar-refractivity contribution is 7.92. The average Bonchev–Trinajstić information content (AvgIpc) is 2.90. The second kappa shape index (κ2) is 11.4. The van der Waals surface area contributed by atoms with Crippen LogP contribution in [0.3, 0.4) is 0 Å². The highest BCUT2D eigenvalue weighted by atomic mass is 35.5. The lowest BCUT2D eigenvalue weighted by Crippen LogP contribution is -2.32. The Morgan fingerprint density at radius 2 is 1.92 bits per heavy atom. The van der Waals surface area contributed by atoms with Crippen molar-refractivity contribution in [1.29, 1.82) is 0 Å². The first-order chi connectivity index (χ1) is 18.5. The molecule has 1 amide bonds. The zero-order valence-corrected chi connectivity index (χ0v) is 22.8. The number of benzene rings is 2. The van der Waals surface area contributed by atoms with Crippen LogP contribution in [0, 0.1) is 11.7 Å². The minimum Gasteiger partial charge on any atom is -0.476 e. The molecule has 4 aromatic rings. The molecule has 0 aliphatic rings. The predicted octanol–water partition coefficient (Wildman–Crippen LogP) is 3.83. The van der Waals surface area contributed by atoms with Crippen LogP contribution < -0.4 is 20.3 Å². The summed E-state index contributed by atoms with van der Waals surface area (Å²) in [5.41, 5.74) is 1.20. The molecule has 1 atom stereocenters. The van der Waals surface area contributed by atoms with E-state index < -0.39 is 21.8 Å². The number of nitrogens with one attached hydrogen (secondary N) is 2. The number of ether oxygens (including phenoxy) is 1. The van der Waals surface area contributed by atoms with E-state index in [1.165, 1.54) is 30.2 Å². The van der Waals surface area contributed by atoms with E-state index in [2.05, 4.69) is 20.0 Å². The van der Waals surface area contributed by atoms with Crippen molar-refractivity contribution in [3.05, 3.63) is 76.2 Å². The van der Waals surface area contributed by atoms with Crippen LogP contribution in [0.1, 0.15) is 13.8 Å². The number of fused-ring (bicyclic) bond motifs is 1. The van der Waals surface area contributed by atoms with Gasteiger partial charge in [-0.3, -0.25) is 18.9 Å². The number of nitrogens with zero attached hydrogens (tertiary/aromatic N) is 3. The van der Waals surface area contributed by atoms with Crippen LogP contribution in [0.15, 0.2) is 64.7 Å². The second-order valence-corrected chi connectivity index (χ2v) is 10.7. The molecule has 0 saturated heterocycles. The molecule has 0 saturated carbocycles. The van der Waals surface area contributed by atoms with Crippen molar-refractivity contribution in [3.8, 4) is 17.0 Å². The monoisotopic (exact) mass is 573 g/mol. The Morgan fingerprint density at radius 1 is 1.15 bits per heavy atom. The number of sulfonamides is 1. The summed E-state index contributed by atoms with van der Waals surface area (Å²) in [5.74, 6) is -1.30. The van der Waals surface area contributed by atoms with E-state index in [0.717, 1.165) is 18.2 Å². The minimum absolute atomic E-state index is 0.0241. The normalized spacial score (nSPS) is 12.2. The van der Waals surface area contributed by atoms with Gasteiger partial charge in [-0.1, -0.05) is 24.6 Å². The summed E-state index contributed by atoms with van der Waals surface area (Å²) in [5, 5.41) is 2.59. The van der Waals surface area contributed by atoms with Crippen LogP contribution >= 0.6 is 11.6 Å². The van der Waals surface area contributed by atoms with Crippen LogP contribution in [-0.4, -0.2) is 42.5 Å². The third-order valence-corrected chi connectivity index (χ3v) is 7.73. The van der Waals surface area contributed by atoms with Crippen molar-refractivity contribution in [2.75, 3.05) is 18.4 Å². The van der Waals surface area contributed by atoms with Crippen molar-refractivity contribution < 1.29 is 22.3 Å². The molecule has 0 fully saturated rings. The maximum Gasteiger partial charge on any atom is 0.263 e. The van der Waals surface area contributed by atoms with Crippen LogP contribution in [0.4, 0.5) is 10.1 Å². The van der Waals surface area contributed by atoms with Gasteiger partial charge >= 0.3 is 0 Å². The highest BCUT2D eigenvalue weighted by Crippen LogP contribution is 2.32. The maximum absolute atomic E-state index is 13.5. The van der Waals surface area contributed by atoms with Gasteiger partial charge in [0.05, 0.1) is 34.8 Å². The topological polar surface area (TPSA) is 132 Å². The molecular weight excluding hydrogens is 549 g/mol. The average molecular weight is 574 g/mol. The summed E-state index contributed by atoms with van der Waals surface area (Å²) < 4.78 is 48.9. The third-order valence-electron chi connectivity index (χ3n) is 5.88. The van der Waals surface area contributed by atoms with Crippen LogP contribution in [0.5, 0.6) is 5.88 Å². The largest absolute Gasteiger partial charge is 0.476 e. The molecule has 0 spiro atoms. The van der Waals surface area contributed by atoms with Gasteiger partial charge in [-0.25, -0.2) is 22.8 Å². The predicted molar refractivity (Wildman–Crippen MR) is 146 cm³/mol. The Hall–Kier alpha value is -4.03. The first-order valence-corrected chi connectivity index (χ1v) is 13.7. The van der Waals surface area contributed by atoms with Gasteiger partial charge in [0.25, 0.3) is 15.6 Å². The van der Waals surface area contributed by atoms with Gasteiger partial charge in [-0.2, -0.15) is 0 Å². The lowest BCUT2D eigenvalue weighted by Gasteiger charge is -2.15. The Morgan fingerprint density at radius 3 is 2.62 bits per heavy atom. The number of pyridine rings is 1. The zero-order valence-electron chi connectivity index (χ0n) is 21.2. The first-order valence-electron chi connectivity index (χ1n) is 11.9. The van der Waals surface area contributed by atoms with E-state index in [1.54, 1.807) is 32.0 Å². The number of carbonyl (C=O) groups excluding carboxylic acids is 1. The molecule has 39 heavy (non-hydrogen) atoms. The van der Waals surface area contributed by atoms with Gasteiger partial charge in [-0.15, -0.1) is 0 Å². The van der Waals surface area contributed by atoms with Gasteiger partial charge in [0, 0.05) is 25.4 Å². The molecule has 13 heteroatoms. The van der Waals surface area contributed by atoms with Crippen molar-refractivity contribution >= 4 is 44.1 Å². The number of hydrogen-bond donors (Lipinski definition) is 2. The molecule has 0 radical (unpaired) electrons. The summed E-state index contributed by atoms with van der Waals surface area (Å²) >= 11 is 5.98. The smallest absolute Gasteiger partial charge is 0.263 e. The van der Waals surface area contributed by atoms with E-state index in [0.29, 0.717) is 22.0 Å². The fourth-order valence-electron chi connectivity index (χ4n) is 3.92. The van der Waals surface area contributed by atoms with Crippen LogP contribution in [0.2, 0.25) is 5.02 Å².